The van der Waals surface area contributed by atoms with Gasteiger partial charge in [0, 0.05) is 56.0 Å². The first-order chi connectivity index (χ1) is 40.2. The van der Waals surface area contributed by atoms with Crippen molar-refractivity contribution in [3.63, 3.8) is 0 Å². The van der Waals surface area contributed by atoms with Gasteiger partial charge in [0.25, 0.3) is 6.71 Å². The van der Waals surface area contributed by atoms with Crippen LogP contribution < -0.4 is 31.1 Å². The third kappa shape index (κ3) is 7.34. The molecule has 1 aromatic heterocycles. The lowest BCUT2D eigenvalue weighted by Gasteiger charge is -2.51. The molecule has 4 heterocycles. The molecule has 5 aliphatic carbocycles. The van der Waals surface area contributed by atoms with E-state index in [0.717, 1.165) is 37.2 Å². The molecule has 4 nitrogen and oxygen atoms in total. The van der Waals surface area contributed by atoms with E-state index >= 15 is 0 Å². The summed E-state index contributed by atoms with van der Waals surface area (Å²) in [5.41, 5.74) is 28.2. The Hall–Kier alpha value is -6.46. The molecular formula is C80H90BN3O. The Balaban J connectivity index is 1.09. The van der Waals surface area contributed by atoms with Crippen LogP contribution in [0.1, 0.15) is 225 Å². The first-order valence-electron chi connectivity index (χ1n) is 33.1. The van der Waals surface area contributed by atoms with Crippen LogP contribution in [0, 0.1) is 5.92 Å². The first-order valence-corrected chi connectivity index (χ1v) is 33.1. The van der Waals surface area contributed by atoms with Crippen LogP contribution in [0.15, 0.2) is 132 Å². The van der Waals surface area contributed by atoms with Gasteiger partial charge in [-0.25, -0.2) is 0 Å². The Kier molecular flexibility index (Phi) is 11.1. The van der Waals surface area contributed by atoms with Crippen LogP contribution >= 0.6 is 0 Å². The third-order valence-electron chi connectivity index (χ3n) is 25.0. The van der Waals surface area contributed by atoms with Crippen LogP contribution in [0.25, 0.3) is 22.1 Å². The molecule has 0 saturated heterocycles. The molecule has 5 unspecified atom stereocenters. The van der Waals surface area contributed by atoms with Gasteiger partial charge in [0.2, 0.25) is 5.88 Å². The van der Waals surface area contributed by atoms with Crippen LogP contribution in [-0.2, 0) is 37.9 Å². The van der Waals surface area contributed by atoms with Gasteiger partial charge in [0.05, 0.1) is 11.2 Å². The maximum absolute atomic E-state index is 7.98. The van der Waals surface area contributed by atoms with Gasteiger partial charge in [-0.3, -0.25) is 4.90 Å². The lowest BCUT2D eigenvalue weighted by Crippen LogP contribution is -2.61. The van der Waals surface area contributed by atoms with Crippen molar-refractivity contribution in [2.24, 2.45) is 5.92 Å². The fourth-order valence-electron chi connectivity index (χ4n) is 19.2. The minimum atomic E-state index is -0.165. The fraction of sp³-hybridized carbons (Fsp3) is 0.450. The highest BCUT2D eigenvalue weighted by molar-refractivity contribution is 7.01. The van der Waals surface area contributed by atoms with E-state index in [1.165, 1.54) is 157 Å². The Morgan fingerprint density at radius 2 is 1.15 bits per heavy atom. The Morgan fingerprint density at radius 3 is 1.87 bits per heavy atom. The maximum Gasteiger partial charge on any atom is 0.257 e. The Morgan fingerprint density at radius 1 is 0.506 bits per heavy atom. The predicted octanol–water partition coefficient (Wildman–Crippen LogP) is 20.1. The normalized spacial score (nSPS) is 26.7. The summed E-state index contributed by atoms with van der Waals surface area (Å²) in [6.45, 7) is 37.3. The number of rotatable bonds is 4. The topological polar surface area (TPSA) is 22.9 Å². The second-order valence-electron chi connectivity index (χ2n) is 32.8. The SMILES string of the molecule is CC1c2cc3c4c(oc3cc2C2(C)CCC1C2)N(c1ccc2c(c1)C(C)(C)CCC2(C)C)c1cc(N2c3ccccc3C3(C)CCCCC23C)cc2c1B4c1cc3c(cc1N2c1ccc(C(C)(C)C)cc1-c1ccccc1)C(C)(C)CCC3(C)C. The highest BCUT2D eigenvalue weighted by atomic mass is 16.4. The fourth-order valence-corrected chi connectivity index (χ4v) is 19.2. The predicted molar refractivity (Wildman–Crippen MR) is 361 cm³/mol. The molecular weight excluding hydrogens is 1030 g/mol. The monoisotopic (exact) mass is 1120 g/mol. The van der Waals surface area contributed by atoms with Crippen LogP contribution in [0.2, 0.25) is 0 Å². The molecule has 0 amide bonds. The zero-order valence-corrected chi connectivity index (χ0v) is 53.9. The van der Waals surface area contributed by atoms with E-state index in [1.807, 2.05) is 0 Å². The second-order valence-corrected chi connectivity index (χ2v) is 32.8. The van der Waals surface area contributed by atoms with Gasteiger partial charge in [-0.15, -0.1) is 0 Å². The molecule has 8 aromatic rings. The van der Waals surface area contributed by atoms with E-state index in [0.29, 0.717) is 11.8 Å². The lowest BCUT2D eigenvalue weighted by atomic mass is 9.33. The van der Waals surface area contributed by atoms with E-state index in [-0.39, 0.29) is 50.2 Å². The Bertz CT molecular complexity index is 4170. The molecule has 2 bridgehead atoms. The van der Waals surface area contributed by atoms with Crippen molar-refractivity contribution in [1.29, 1.82) is 0 Å². The Labute approximate surface area is 508 Å². The van der Waals surface area contributed by atoms with Crippen molar-refractivity contribution in [2.45, 2.75) is 224 Å². The zero-order valence-electron chi connectivity index (χ0n) is 53.9. The van der Waals surface area contributed by atoms with Crippen LogP contribution in [0.3, 0.4) is 0 Å². The smallest absolute Gasteiger partial charge is 0.257 e. The molecule has 16 rings (SSSR count). The third-order valence-corrected chi connectivity index (χ3v) is 25.0. The van der Waals surface area contributed by atoms with E-state index in [2.05, 4.69) is 246 Å². The molecule has 5 heteroatoms. The van der Waals surface area contributed by atoms with Crippen LogP contribution in [0.5, 0.6) is 0 Å². The quantitative estimate of drug-likeness (QED) is 0.164. The van der Waals surface area contributed by atoms with Crippen molar-refractivity contribution in [2.75, 3.05) is 14.7 Å². The van der Waals surface area contributed by atoms with Gasteiger partial charge in [0.1, 0.15) is 5.58 Å². The average Bonchev–Trinajstić information content (AvgIpc) is 1.69. The van der Waals surface area contributed by atoms with Crippen molar-refractivity contribution < 1.29 is 4.42 Å². The van der Waals surface area contributed by atoms with Gasteiger partial charge in [-0.1, -0.05) is 177 Å². The highest BCUT2D eigenvalue weighted by Crippen LogP contribution is 2.63. The van der Waals surface area contributed by atoms with Gasteiger partial charge in [-0.2, -0.15) is 0 Å². The molecule has 0 spiro atoms. The summed E-state index contributed by atoms with van der Waals surface area (Å²) in [5.74, 6) is 2.18. The van der Waals surface area contributed by atoms with Gasteiger partial charge in [0.15, 0.2) is 0 Å². The molecule has 5 atom stereocenters. The number of para-hydroxylation sites is 1. The van der Waals surface area contributed by atoms with E-state index < -0.39 is 0 Å². The second kappa shape index (κ2) is 17.4. The number of benzene rings is 7. The largest absolute Gasteiger partial charge is 0.440 e. The minimum absolute atomic E-state index is 0.00286. The average molecular weight is 1120 g/mol. The van der Waals surface area contributed by atoms with Crippen molar-refractivity contribution >= 4 is 79.8 Å². The van der Waals surface area contributed by atoms with Crippen molar-refractivity contribution in [1.82, 2.24) is 0 Å². The highest BCUT2D eigenvalue weighted by Gasteiger charge is 2.59. The number of nitrogens with zero attached hydrogens (tertiary/aromatic N) is 3. The molecule has 8 aliphatic rings. The summed E-state index contributed by atoms with van der Waals surface area (Å²) >= 11 is 0. The summed E-state index contributed by atoms with van der Waals surface area (Å²) in [6.07, 6.45) is 13.2. The molecule has 7 aromatic carbocycles. The molecule has 0 N–H and O–H groups in total. The summed E-state index contributed by atoms with van der Waals surface area (Å²) in [6, 6.07) is 51.9. The van der Waals surface area contributed by atoms with Crippen molar-refractivity contribution in [3.05, 3.63) is 172 Å². The first kappa shape index (κ1) is 54.0. The summed E-state index contributed by atoms with van der Waals surface area (Å²) in [4.78, 5) is 8.29. The number of hydrogen-bond donors (Lipinski definition) is 0. The van der Waals surface area contributed by atoms with Gasteiger partial charge in [-0.05, 0) is 231 Å². The number of hydrogen-bond acceptors (Lipinski definition) is 4. The number of anilines is 8. The molecule has 434 valence electrons. The number of furan rings is 1. The molecule has 3 aliphatic heterocycles. The maximum atomic E-state index is 7.98. The number of fused-ring (bicyclic) bond motifs is 15. The lowest BCUT2D eigenvalue weighted by molar-refractivity contribution is 0.195. The standard InChI is InChI=1S/C80H90BN3O/c1-48-50-31-34-78(13,47-50)59-46-69-56(43-54(48)59)70-72(85-69)82(52-28-29-57-60(40-52)75(7,8)36-35-74(57,5)6)67-41-53(84-65-26-20-19-25-58(65)79(14)32-21-22-33-80(79,84)15)42-68-71(67)81(70)63-44-61-62(77(11,12)38-37-76(61,9)10)45-66(63)83(68)64-30-27-51(73(2,3)4)39-55(64)49-23-17-16-18-24-49/h16-20,23-30,39-46,48,50H,21-22,31-38,47H2,1-15H3. The summed E-state index contributed by atoms with van der Waals surface area (Å²) in [5, 5.41) is 1.29. The molecule has 85 heavy (non-hydrogen) atoms. The summed E-state index contributed by atoms with van der Waals surface area (Å²) in [7, 11) is 0. The van der Waals surface area contributed by atoms with E-state index in [9.17, 15) is 0 Å². The molecule has 2 saturated carbocycles. The van der Waals surface area contributed by atoms with Gasteiger partial charge >= 0.3 is 0 Å². The van der Waals surface area contributed by atoms with E-state index in [1.54, 1.807) is 5.56 Å². The summed E-state index contributed by atoms with van der Waals surface area (Å²) < 4.78 is 7.98. The van der Waals surface area contributed by atoms with Gasteiger partial charge < -0.3 is 14.2 Å². The molecule has 0 radical (unpaired) electrons. The zero-order chi connectivity index (χ0) is 59.1. The van der Waals surface area contributed by atoms with E-state index in [4.69, 9.17) is 4.42 Å². The van der Waals surface area contributed by atoms with Crippen molar-refractivity contribution in [3.8, 4) is 11.1 Å². The minimum Gasteiger partial charge on any atom is -0.440 e. The molecule has 2 fully saturated rings. The van der Waals surface area contributed by atoms with Crippen LogP contribution in [-0.4, -0.2) is 12.3 Å². The van der Waals surface area contributed by atoms with Crippen LogP contribution in [0.4, 0.5) is 45.7 Å².